The molecule has 0 heterocycles. The first kappa shape index (κ1) is 14.6. The average molecular weight is 275 g/mol. The predicted molar refractivity (Wildman–Crippen MR) is 76.5 cm³/mol. The Kier molecular flexibility index (Phi) is 4.42. The number of carboxylic acid groups (broad SMARTS) is 1. The zero-order chi connectivity index (χ0) is 14.7. The SMILES string of the molecule is CCc1cccc(CC(=O)N(C2CC2)C(C)C(=O)O)c1. The molecule has 2 rings (SSSR count). The summed E-state index contributed by atoms with van der Waals surface area (Å²) in [5, 5.41) is 9.13. The van der Waals surface area contributed by atoms with E-state index in [0.29, 0.717) is 0 Å². The molecule has 4 heteroatoms. The molecule has 1 aliphatic rings. The molecule has 4 nitrogen and oxygen atoms in total. The molecule has 1 unspecified atom stereocenters. The van der Waals surface area contributed by atoms with Crippen molar-refractivity contribution >= 4 is 11.9 Å². The molecule has 0 aromatic heterocycles. The van der Waals surface area contributed by atoms with Crippen LogP contribution in [0.2, 0.25) is 0 Å². The second-order valence-corrected chi connectivity index (χ2v) is 5.40. The summed E-state index contributed by atoms with van der Waals surface area (Å²) in [4.78, 5) is 25.1. The van der Waals surface area contributed by atoms with Gasteiger partial charge in [-0.1, -0.05) is 31.2 Å². The van der Waals surface area contributed by atoms with Gasteiger partial charge >= 0.3 is 5.97 Å². The van der Waals surface area contributed by atoms with E-state index in [4.69, 9.17) is 5.11 Å². The maximum absolute atomic E-state index is 12.4. The van der Waals surface area contributed by atoms with E-state index in [2.05, 4.69) is 6.92 Å². The number of hydrogen-bond acceptors (Lipinski definition) is 2. The Morgan fingerprint density at radius 2 is 2.00 bits per heavy atom. The Labute approximate surface area is 119 Å². The lowest BCUT2D eigenvalue weighted by Crippen LogP contribution is -2.45. The van der Waals surface area contributed by atoms with E-state index in [1.165, 1.54) is 5.56 Å². The molecule has 0 bridgehead atoms. The molecule has 1 aromatic rings. The summed E-state index contributed by atoms with van der Waals surface area (Å²) in [6.07, 6.45) is 3.04. The number of carbonyl (C=O) groups is 2. The second-order valence-electron chi connectivity index (χ2n) is 5.40. The van der Waals surface area contributed by atoms with Crippen molar-refractivity contribution in [2.75, 3.05) is 0 Å². The van der Waals surface area contributed by atoms with E-state index >= 15 is 0 Å². The number of amides is 1. The third kappa shape index (κ3) is 3.38. The molecule has 20 heavy (non-hydrogen) atoms. The van der Waals surface area contributed by atoms with Crippen LogP contribution in [-0.2, 0) is 22.4 Å². The Hall–Kier alpha value is -1.84. The van der Waals surface area contributed by atoms with Crippen LogP contribution in [0.15, 0.2) is 24.3 Å². The van der Waals surface area contributed by atoms with Crippen LogP contribution in [-0.4, -0.2) is 34.0 Å². The minimum atomic E-state index is -0.937. The van der Waals surface area contributed by atoms with Crippen molar-refractivity contribution in [1.82, 2.24) is 4.90 Å². The quantitative estimate of drug-likeness (QED) is 0.866. The van der Waals surface area contributed by atoms with Gasteiger partial charge in [0.05, 0.1) is 6.42 Å². The van der Waals surface area contributed by atoms with E-state index in [-0.39, 0.29) is 18.4 Å². The summed E-state index contributed by atoms with van der Waals surface area (Å²) in [6.45, 7) is 3.66. The minimum Gasteiger partial charge on any atom is -0.480 e. The molecule has 0 aliphatic heterocycles. The van der Waals surface area contributed by atoms with Gasteiger partial charge in [-0.05, 0) is 37.3 Å². The van der Waals surface area contributed by atoms with Crippen LogP contribution in [0.3, 0.4) is 0 Å². The molecule has 0 saturated heterocycles. The van der Waals surface area contributed by atoms with Gasteiger partial charge < -0.3 is 10.0 Å². The molecule has 108 valence electrons. The number of nitrogens with zero attached hydrogens (tertiary/aromatic N) is 1. The van der Waals surface area contributed by atoms with Gasteiger partial charge in [0.2, 0.25) is 5.91 Å². The third-order valence-corrected chi connectivity index (χ3v) is 3.76. The fraction of sp³-hybridized carbons (Fsp3) is 0.500. The molecule has 1 aliphatic carbocycles. The van der Waals surface area contributed by atoms with Crippen molar-refractivity contribution in [2.24, 2.45) is 0 Å². The monoisotopic (exact) mass is 275 g/mol. The van der Waals surface area contributed by atoms with Gasteiger partial charge in [-0.2, -0.15) is 0 Å². The Morgan fingerprint density at radius 1 is 1.35 bits per heavy atom. The summed E-state index contributed by atoms with van der Waals surface area (Å²) in [5.41, 5.74) is 2.15. The number of hydrogen-bond donors (Lipinski definition) is 1. The van der Waals surface area contributed by atoms with Crippen LogP contribution in [0, 0.1) is 0 Å². The van der Waals surface area contributed by atoms with Crippen LogP contribution >= 0.6 is 0 Å². The standard InChI is InChI=1S/C16H21NO3/c1-3-12-5-4-6-13(9-12)10-15(18)17(14-7-8-14)11(2)16(19)20/h4-6,9,11,14H,3,7-8,10H2,1-2H3,(H,19,20). The van der Waals surface area contributed by atoms with Crippen LogP contribution in [0.1, 0.15) is 37.8 Å². The molecular weight excluding hydrogens is 254 g/mol. The van der Waals surface area contributed by atoms with E-state index in [1.807, 2.05) is 24.3 Å². The Morgan fingerprint density at radius 3 is 2.55 bits per heavy atom. The highest BCUT2D eigenvalue weighted by Crippen LogP contribution is 2.29. The number of aliphatic carboxylic acids is 1. The maximum atomic E-state index is 12.4. The van der Waals surface area contributed by atoms with Crippen LogP contribution in [0.5, 0.6) is 0 Å². The van der Waals surface area contributed by atoms with Crippen molar-refractivity contribution in [1.29, 1.82) is 0 Å². The maximum Gasteiger partial charge on any atom is 0.326 e. The molecule has 0 radical (unpaired) electrons. The summed E-state index contributed by atoms with van der Waals surface area (Å²) >= 11 is 0. The first-order valence-corrected chi connectivity index (χ1v) is 7.14. The zero-order valence-electron chi connectivity index (χ0n) is 12.0. The largest absolute Gasteiger partial charge is 0.480 e. The number of aryl methyl sites for hydroxylation is 1. The zero-order valence-corrected chi connectivity index (χ0v) is 12.0. The van der Waals surface area contributed by atoms with E-state index in [0.717, 1.165) is 24.8 Å². The van der Waals surface area contributed by atoms with Crippen molar-refractivity contribution in [3.8, 4) is 0 Å². The summed E-state index contributed by atoms with van der Waals surface area (Å²) in [6, 6.07) is 7.30. The van der Waals surface area contributed by atoms with E-state index < -0.39 is 12.0 Å². The molecule has 1 fully saturated rings. The summed E-state index contributed by atoms with van der Waals surface area (Å²) in [5.74, 6) is -1.02. The lowest BCUT2D eigenvalue weighted by molar-refractivity contribution is -0.149. The topological polar surface area (TPSA) is 57.6 Å². The molecule has 1 N–H and O–H groups in total. The summed E-state index contributed by atoms with van der Waals surface area (Å²) in [7, 11) is 0. The molecule has 0 spiro atoms. The number of carbonyl (C=O) groups excluding carboxylic acids is 1. The lowest BCUT2D eigenvalue weighted by atomic mass is 10.1. The minimum absolute atomic E-state index is 0.0874. The highest BCUT2D eigenvalue weighted by molar-refractivity contribution is 5.85. The molecule has 1 amide bonds. The Bertz CT molecular complexity index is 508. The third-order valence-electron chi connectivity index (χ3n) is 3.76. The first-order chi connectivity index (χ1) is 9.52. The fourth-order valence-electron chi connectivity index (χ4n) is 2.43. The van der Waals surface area contributed by atoms with Gasteiger partial charge in [-0.3, -0.25) is 4.79 Å². The fourth-order valence-corrected chi connectivity index (χ4v) is 2.43. The normalized spacial score (nSPS) is 15.7. The van der Waals surface area contributed by atoms with Gasteiger partial charge in [0, 0.05) is 6.04 Å². The average Bonchev–Trinajstić information content (AvgIpc) is 3.23. The number of rotatable bonds is 6. The van der Waals surface area contributed by atoms with Gasteiger partial charge in [0.1, 0.15) is 6.04 Å². The second kappa shape index (κ2) is 6.07. The van der Waals surface area contributed by atoms with E-state index in [1.54, 1.807) is 11.8 Å². The van der Waals surface area contributed by atoms with E-state index in [9.17, 15) is 9.59 Å². The molecular formula is C16H21NO3. The summed E-state index contributed by atoms with van der Waals surface area (Å²) < 4.78 is 0. The predicted octanol–water partition coefficient (Wildman–Crippen LogP) is 2.26. The van der Waals surface area contributed by atoms with Crippen molar-refractivity contribution in [2.45, 2.75) is 51.6 Å². The molecule has 1 saturated carbocycles. The lowest BCUT2D eigenvalue weighted by Gasteiger charge is -2.26. The highest BCUT2D eigenvalue weighted by Gasteiger charge is 2.38. The smallest absolute Gasteiger partial charge is 0.326 e. The number of benzene rings is 1. The molecule has 1 aromatic carbocycles. The van der Waals surface area contributed by atoms with Crippen molar-refractivity contribution < 1.29 is 14.7 Å². The highest BCUT2D eigenvalue weighted by atomic mass is 16.4. The van der Waals surface area contributed by atoms with Gasteiger partial charge in [-0.15, -0.1) is 0 Å². The first-order valence-electron chi connectivity index (χ1n) is 7.14. The number of carboxylic acids is 1. The van der Waals surface area contributed by atoms with Gasteiger partial charge in [0.15, 0.2) is 0 Å². The van der Waals surface area contributed by atoms with Crippen LogP contribution < -0.4 is 0 Å². The van der Waals surface area contributed by atoms with Crippen LogP contribution in [0.4, 0.5) is 0 Å². The van der Waals surface area contributed by atoms with Gasteiger partial charge in [0.25, 0.3) is 0 Å². The van der Waals surface area contributed by atoms with Crippen molar-refractivity contribution in [3.05, 3.63) is 35.4 Å². The molecule has 1 atom stereocenters. The van der Waals surface area contributed by atoms with Crippen molar-refractivity contribution in [3.63, 3.8) is 0 Å². The van der Waals surface area contributed by atoms with Gasteiger partial charge in [-0.25, -0.2) is 4.79 Å². The van der Waals surface area contributed by atoms with Crippen LogP contribution in [0.25, 0.3) is 0 Å². The Balaban J connectivity index is 2.10.